The highest BCUT2D eigenvalue weighted by atomic mass is 16.5. The van der Waals surface area contributed by atoms with Gasteiger partial charge >= 0.3 is 5.97 Å². The van der Waals surface area contributed by atoms with E-state index in [-0.39, 0.29) is 12.4 Å². The molecule has 0 saturated heterocycles. The van der Waals surface area contributed by atoms with E-state index in [4.69, 9.17) is 0 Å². The van der Waals surface area contributed by atoms with Crippen LogP contribution in [0, 0.1) is 0 Å². The molecule has 102 valence electrons. The quantitative estimate of drug-likeness (QED) is 0.336. The second-order valence-electron chi connectivity index (χ2n) is 4.18. The second-order valence-corrected chi connectivity index (χ2v) is 4.18. The summed E-state index contributed by atoms with van der Waals surface area (Å²) in [5, 5.41) is 0. The standard InChI is InChI=1S/C14H17NO4/c1-4-19-14(18)13(17)9-12(16)10-5-7-11(8-6-10)15(2)3/h5-8H,4,9H2,1-3H3. The van der Waals surface area contributed by atoms with Gasteiger partial charge in [-0.05, 0) is 31.2 Å². The predicted octanol–water partition coefficient (Wildman–Crippen LogP) is 1.46. The zero-order valence-corrected chi connectivity index (χ0v) is 11.3. The number of rotatable bonds is 6. The molecule has 0 aliphatic rings. The van der Waals surface area contributed by atoms with Crippen molar-refractivity contribution in [3.05, 3.63) is 29.8 Å². The van der Waals surface area contributed by atoms with Crippen molar-refractivity contribution in [3.8, 4) is 0 Å². The SMILES string of the molecule is CCOC(=O)C(=O)CC(=O)c1ccc(N(C)C)cc1. The number of hydrogen-bond acceptors (Lipinski definition) is 5. The Hall–Kier alpha value is -2.17. The van der Waals surface area contributed by atoms with Crippen LogP contribution in [0.25, 0.3) is 0 Å². The van der Waals surface area contributed by atoms with E-state index >= 15 is 0 Å². The molecule has 0 unspecified atom stereocenters. The molecule has 0 amide bonds. The van der Waals surface area contributed by atoms with Crippen LogP contribution in [-0.2, 0) is 14.3 Å². The number of esters is 1. The van der Waals surface area contributed by atoms with Gasteiger partial charge in [0.2, 0.25) is 5.78 Å². The molecular weight excluding hydrogens is 246 g/mol. The maximum absolute atomic E-state index is 11.8. The first-order chi connectivity index (χ1) is 8.95. The van der Waals surface area contributed by atoms with E-state index in [1.807, 2.05) is 19.0 Å². The number of Topliss-reactive ketones (excluding diaryl/α,β-unsaturated/α-hetero) is 2. The molecule has 1 aromatic carbocycles. The minimum atomic E-state index is -0.958. The van der Waals surface area contributed by atoms with Crippen molar-refractivity contribution in [2.24, 2.45) is 0 Å². The average Bonchev–Trinajstić information content (AvgIpc) is 2.38. The fraction of sp³-hybridized carbons (Fsp3) is 0.357. The Balaban J connectivity index is 2.68. The zero-order valence-electron chi connectivity index (χ0n) is 11.3. The normalized spacial score (nSPS) is 9.84. The lowest BCUT2D eigenvalue weighted by Gasteiger charge is -2.12. The van der Waals surface area contributed by atoms with Gasteiger partial charge in [-0.1, -0.05) is 0 Å². The molecule has 0 aliphatic heterocycles. The van der Waals surface area contributed by atoms with Gasteiger partial charge in [-0.2, -0.15) is 0 Å². The van der Waals surface area contributed by atoms with Gasteiger partial charge in [0.1, 0.15) is 0 Å². The summed E-state index contributed by atoms with van der Waals surface area (Å²) < 4.78 is 4.54. The molecule has 0 radical (unpaired) electrons. The van der Waals surface area contributed by atoms with Crippen LogP contribution in [0.15, 0.2) is 24.3 Å². The van der Waals surface area contributed by atoms with E-state index < -0.39 is 18.2 Å². The van der Waals surface area contributed by atoms with E-state index in [0.29, 0.717) is 5.56 Å². The third-order valence-electron chi connectivity index (χ3n) is 2.53. The van der Waals surface area contributed by atoms with E-state index in [1.54, 1.807) is 31.2 Å². The lowest BCUT2D eigenvalue weighted by Crippen LogP contribution is -2.20. The Bertz CT molecular complexity index is 477. The monoisotopic (exact) mass is 263 g/mol. The van der Waals surface area contributed by atoms with E-state index in [0.717, 1.165) is 5.69 Å². The molecule has 0 bridgehead atoms. The Morgan fingerprint density at radius 3 is 2.16 bits per heavy atom. The van der Waals surface area contributed by atoms with Gasteiger partial charge in [-0.15, -0.1) is 0 Å². The van der Waals surface area contributed by atoms with E-state index in [1.165, 1.54) is 0 Å². The summed E-state index contributed by atoms with van der Waals surface area (Å²) >= 11 is 0. The fourth-order valence-electron chi connectivity index (χ4n) is 1.48. The second kappa shape index (κ2) is 6.68. The molecule has 0 N–H and O–H groups in total. The Morgan fingerprint density at radius 1 is 1.11 bits per heavy atom. The van der Waals surface area contributed by atoms with Crippen LogP contribution in [0.3, 0.4) is 0 Å². The fourth-order valence-corrected chi connectivity index (χ4v) is 1.48. The molecule has 5 nitrogen and oxygen atoms in total. The molecule has 19 heavy (non-hydrogen) atoms. The number of ether oxygens (including phenoxy) is 1. The van der Waals surface area contributed by atoms with Gasteiger partial charge in [0.15, 0.2) is 5.78 Å². The van der Waals surface area contributed by atoms with Crippen LogP contribution in [0.1, 0.15) is 23.7 Å². The van der Waals surface area contributed by atoms with Crippen LogP contribution >= 0.6 is 0 Å². The lowest BCUT2D eigenvalue weighted by molar-refractivity contribution is -0.153. The van der Waals surface area contributed by atoms with Gasteiger partial charge in [0.25, 0.3) is 0 Å². The van der Waals surface area contributed by atoms with Crippen LogP contribution < -0.4 is 4.90 Å². The smallest absolute Gasteiger partial charge is 0.375 e. The molecule has 0 aromatic heterocycles. The first kappa shape index (κ1) is 14.9. The molecule has 1 aromatic rings. The molecule has 0 saturated carbocycles. The Labute approximate surface area is 112 Å². The predicted molar refractivity (Wildman–Crippen MR) is 71.4 cm³/mol. The summed E-state index contributed by atoms with van der Waals surface area (Å²) in [5.74, 6) is -2.16. The van der Waals surface area contributed by atoms with Crippen molar-refractivity contribution >= 4 is 23.2 Å². The molecule has 0 spiro atoms. The van der Waals surface area contributed by atoms with Gasteiger partial charge in [-0.3, -0.25) is 9.59 Å². The molecule has 0 atom stereocenters. The molecule has 0 fully saturated rings. The van der Waals surface area contributed by atoms with E-state index in [9.17, 15) is 14.4 Å². The van der Waals surface area contributed by atoms with Crippen LogP contribution in [-0.4, -0.2) is 38.2 Å². The average molecular weight is 263 g/mol. The summed E-state index contributed by atoms with van der Waals surface area (Å²) in [6.45, 7) is 1.73. The Morgan fingerprint density at radius 2 is 1.68 bits per heavy atom. The molecule has 0 heterocycles. The maximum Gasteiger partial charge on any atom is 0.375 e. The third kappa shape index (κ3) is 4.21. The van der Waals surface area contributed by atoms with Crippen molar-refractivity contribution in [1.82, 2.24) is 0 Å². The number of ketones is 2. The molecule has 5 heteroatoms. The molecule has 0 aliphatic carbocycles. The van der Waals surface area contributed by atoms with Gasteiger partial charge < -0.3 is 9.64 Å². The lowest BCUT2D eigenvalue weighted by atomic mass is 10.1. The minimum absolute atomic E-state index is 0.121. The maximum atomic E-state index is 11.8. The van der Waals surface area contributed by atoms with Crippen LogP contribution in [0.5, 0.6) is 0 Å². The van der Waals surface area contributed by atoms with E-state index in [2.05, 4.69) is 4.74 Å². The first-order valence-corrected chi connectivity index (χ1v) is 5.96. The Kier molecular flexibility index (Phi) is 5.23. The summed E-state index contributed by atoms with van der Waals surface area (Å²) in [6, 6.07) is 6.83. The van der Waals surface area contributed by atoms with Crippen molar-refractivity contribution in [2.75, 3.05) is 25.6 Å². The third-order valence-corrected chi connectivity index (χ3v) is 2.53. The first-order valence-electron chi connectivity index (χ1n) is 5.96. The number of carbonyl (C=O) groups is 3. The number of hydrogen-bond donors (Lipinski definition) is 0. The highest BCUT2D eigenvalue weighted by molar-refractivity contribution is 6.38. The van der Waals surface area contributed by atoms with Gasteiger partial charge in [-0.25, -0.2) is 4.79 Å². The summed E-state index contributed by atoms with van der Waals surface area (Å²) in [6.07, 6.45) is -0.458. The van der Waals surface area contributed by atoms with Crippen molar-refractivity contribution in [2.45, 2.75) is 13.3 Å². The molecule has 1 rings (SSSR count). The summed E-state index contributed by atoms with van der Waals surface area (Å²) in [7, 11) is 3.78. The topological polar surface area (TPSA) is 63.7 Å². The summed E-state index contributed by atoms with van der Waals surface area (Å²) in [4.78, 5) is 36.2. The minimum Gasteiger partial charge on any atom is -0.460 e. The van der Waals surface area contributed by atoms with Crippen molar-refractivity contribution < 1.29 is 19.1 Å². The van der Waals surface area contributed by atoms with Crippen molar-refractivity contribution in [1.29, 1.82) is 0 Å². The number of carbonyl (C=O) groups excluding carboxylic acids is 3. The van der Waals surface area contributed by atoms with Crippen molar-refractivity contribution in [3.63, 3.8) is 0 Å². The van der Waals surface area contributed by atoms with Crippen LogP contribution in [0.2, 0.25) is 0 Å². The zero-order chi connectivity index (χ0) is 14.4. The number of nitrogens with zero attached hydrogens (tertiary/aromatic N) is 1. The number of benzene rings is 1. The largest absolute Gasteiger partial charge is 0.460 e. The molecular formula is C14H17NO4. The highest BCUT2D eigenvalue weighted by Crippen LogP contribution is 2.13. The highest BCUT2D eigenvalue weighted by Gasteiger charge is 2.19. The van der Waals surface area contributed by atoms with Gasteiger partial charge in [0.05, 0.1) is 13.0 Å². The summed E-state index contributed by atoms with van der Waals surface area (Å²) in [5.41, 5.74) is 1.36. The number of anilines is 1. The van der Waals surface area contributed by atoms with Crippen LogP contribution in [0.4, 0.5) is 5.69 Å². The van der Waals surface area contributed by atoms with Gasteiger partial charge in [0, 0.05) is 25.3 Å².